The maximum absolute atomic E-state index is 17.1. The van der Waals surface area contributed by atoms with Crippen LogP contribution in [0.25, 0.3) is 32.9 Å². The van der Waals surface area contributed by atoms with E-state index < -0.39 is 5.82 Å². The fraction of sp³-hybridized carbons (Fsp3) is 0.486. The maximum atomic E-state index is 17.1. The first-order chi connectivity index (χ1) is 23.3. The van der Waals surface area contributed by atoms with E-state index in [1.54, 1.807) is 12.1 Å². The molecule has 0 spiro atoms. The molecule has 2 bridgehead atoms. The number of benzene rings is 2. The summed E-state index contributed by atoms with van der Waals surface area (Å²) in [5, 5.41) is 5.62. The molecule has 0 amide bonds. The Morgan fingerprint density at radius 1 is 1.10 bits per heavy atom. The number of nitrogens with zero attached hydrogens (tertiary/aromatic N) is 5. The number of aryl methyl sites for hydroxylation is 1. The van der Waals surface area contributed by atoms with Gasteiger partial charge in [0.2, 0.25) is 5.88 Å². The van der Waals surface area contributed by atoms with Gasteiger partial charge >= 0.3 is 6.01 Å². The Hall–Kier alpha value is -3.96. The number of likely N-dealkylation sites (tertiary alicyclic amines) is 1. The molecule has 9 rings (SSSR count). The van der Waals surface area contributed by atoms with Crippen LogP contribution in [0.2, 0.25) is 0 Å². The Kier molecular flexibility index (Phi) is 7.09. The lowest BCUT2D eigenvalue weighted by Crippen LogP contribution is -2.62. The number of hydrogen-bond donors (Lipinski definition) is 1. The van der Waals surface area contributed by atoms with Gasteiger partial charge in [0, 0.05) is 49.2 Å². The van der Waals surface area contributed by atoms with Crippen LogP contribution in [0.1, 0.15) is 51.5 Å². The molecule has 8 nitrogen and oxygen atoms in total. The van der Waals surface area contributed by atoms with Crippen molar-refractivity contribution in [2.75, 3.05) is 37.7 Å². The second-order valence-corrected chi connectivity index (χ2v) is 14.4. The van der Waals surface area contributed by atoms with Crippen molar-refractivity contribution in [1.82, 2.24) is 25.2 Å². The molecule has 2 aromatic carbocycles. The van der Waals surface area contributed by atoms with Gasteiger partial charge in [0.25, 0.3) is 0 Å². The van der Waals surface area contributed by atoms with Crippen LogP contribution in [0.15, 0.2) is 42.2 Å². The van der Waals surface area contributed by atoms with Gasteiger partial charge in [-0.3, -0.25) is 4.90 Å². The first kappa shape index (κ1) is 30.1. The van der Waals surface area contributed by atoms with Gasteiger partial charge in [-0.05, 0) is 73.4 Å². The van der Waals surface area contributed by atoms with E-state index in [1.807, 2.05) is 26.0 Å². The summed E-state index contributed by atoms with van der Waals surface area (Å²) in [5.74, 6) is -0.0912. The van der Waals surface area contributed by atoms with Crippen LogP contribution in [0.3, 0.4) is 0 Å². The third-order valence-corrected chi connectivity index (χ3v) is 11.3. The van der Waals surface area contributed by atoms with Crippen LogP contribution in [0.4, 0.5) is 19.0 Å². The average molecular weight is 657 g/mol. The van der Waals surface area contributed by atoms with E-state index in [4.69, 9.17) is 24.4 Å². The summed E-state index contributed by atoms with van der Waals surface area (Å²) >= 11 is 0. The number of anilines is 1. The highest BCUT2D eigenvalue weighted by atomic mass is 19.1. The van der Waals surface area contributed by atoms with Crippen molar-refractivity contribution < 1.29 is 22.6 Å². The number of hydrogen-bond acceptors (Lipinski definition) is 8. The van der Waals surface area contributed by atoms with Crippen LogP contribution in [-0.2, 0) is 6.42 Å². The Balaban J connectivity index is 1.18. The highest BCUT2D eigenvalue weighted by molar-refractivity contribution is 6.02. The van der Waals surface area contributed by atoms with Crippen LogP contribution in [-0.4, -0.2) is 76.9 Å². The zero-order valence-corrected chi connectivity index (χ0v) is 27.2. The summed E-state index contributed by atoms with van der Waals surface area (Å²) in [4.78, 5) is 19.1. The van der Waals surface area contributed by atoms with Crippen LogP contribution in [0.5, 0.6) is 11.9 Å². The molecule has 6 heterocycles. The maximum Gasteiger partial charge on any atom is 0.319 e. The van der Waals surface area contributed by atoms with E-state index in [0.717, 1.165) is 62.5 Å². The summed E-state index contributed by atoms with van der Waals surface area (Å²) in [7, 11) is 0. The summed E-state index contributed by atoms with van der Waals surface area (Å²) in [6, 6.07) is 9.27. The lowest BCUT2D eigenvalue weighted by molar-refractivity contribution is 0.154. The Labute approximate surface area is 277 Å². The Morgan fingerprint density at radius 3 is 2.77 bits per heavy atom. The molecule has 250 valence electrons. The number of ether oxygens (including phenoxy) is 2. The van der Waals surface area contributed by atoms with Crippen LogP contribution in [0, 0.1) is 17.0 Å². The van der Waals surface area contributed by atoms with E-state index in [0.29, 0.717) is 59.9 Å². The van der Waals surface area contributed by atoms with Crippen molar-refractivity contribution in [3.63, 3.8) is 0 Å². The van der Waals surface area contributed by atoms with Crippen molar-refractivity contribution >= 4 is 27.5 Å². The molecule has 11 heteroatoms. The first-order valence-corrected chi connectivity index (χ1v) is 17.3. The lowest BCUT2D eigenvalue weighted by Gasteiger charge is -2.42. The second-order valence-electron chi connectivity index (χ2n) is 14.4. The van der Waals surface area contributed by atoms with Gasteiger partial charge in [0.15, 0.2) is 5.82 Å². The molecular formula is C37H39F3N6O2. The number of halogens is 3. The number of fused-ring (bicyclic) bond motifs is 6. The number of aromatic nitrogens is 3. The molecule has 48 heavy (non-hydrogen) atoms. The van der Waals surface area contributed by atoms with Crippen molar-refractivity contribution in [2.45, 2.75) is 76.6 Å². The van der Waals surface area contributed by atoms with Gasteiger partial charge < -0.3 is 19.7 Å². The summed E-state index contributed by atoms with van der Waals surface area (Å²) in [6.07, 6.45) is 5.71. The quantitative estimate of drug-likeness (QED) is 0.242. The number of piperazine rings is 1. The van der Waals surface area contributed by atoms with E-state index in [2.05, 4.69) is 15.1 Å². The van der Waals surface area contributed by atoms with E-state index >= 15 is 8.78 Å². The molecule has 4 aliphatic heterocycles. The number of rotatable bonds is 7. The highest BCUT2D eigenvalue weighted by Crippen LogP contribution is 2.48. The Bertz CT molecular complexity index is 1980. The van der Waals surface area contributed by atoms with Gasteiger partial charge in [-0.1, -0.05) is 31.2 Å². The summed E-state index contributed by atoms with van der Waals surface area (Å²) < 4.78 is 58.4. The SMILES string of the molecule is CCc1c(F)ccc2cccc(-c3nc4c5c(nc(OCC6(CN7CC/C(=C/F)C7)CC6)nc5c3F)N3C[C@H]5CC[C@H](N5)[C@H]3[C@H](C)O4)c12. The van der Waals surface area contributed by atoms with Gasteiger partial charge in [0.05, 0.1) is 19.0 Å². The minimum atomic E-state index is -0.613. The van der Waals surface area contributed by atoms with Crippen molar-refractivity contribution in [3.05, 3.63) is 59.4 Å². The van der Waals surface area contributed by atoms with Crippen molar-refractivity contribution in [3.8, 4) is 23.1 Å². The van der Waals surface area contributed by atoms with Gasteiger partial charge in [-0.15, -0.1) is 0 Å². The molecule has 0 unspecified atom stereocenters. The molecule has 1 aliphatic carbocycles. The molecule has 4 atom stereocenters. The number of nitrogens with one attached hydrogen (secondary N) is 1. The second kappa shape index (κ2) is 11.3. The predicted octanol–water partition coefficient (Wildman–Crippen LogP) is 6.49. The fourth-order valence-electron chi connectivity index (χ4n) is 8.69. The summed E-state index contributed by atoms with van der Waals surface area (Å²) in [5.41, 5.74) is 1.91. The highest BCUT2D eigenvalue weighted by Gasteiger charge is 2.48. The topological polar surface area (TPSA) is 75.6 Å². The monoisotopic (exact) mass is 656 g/mol. The third-order valence-electron chi connectivity index (χ3n) is 11.3. The van der Waals surface area contributed by atoms with Crippen molar-refractivity contribution in [2.24, 2.45) is 5.41 Å². The molecule has 4 fully saturated rings. The smallest absolute Gasteiger partial charge is 0.319 e. The average Bonchev–Trinajstić information content (AvgIpc) is 3.57. The zero-order valence-electron chi connectivity index (χ0n) is 27.2. The fourth-order valence-corrected chi connectivity index (χ4v) is 8.69. The van der Waals surface area contributed by atoms with E-state index in [-0.39, 0.29) is 52.5 Å². The molecule has 5 aliphatic rings. The lowest BCUT2D eigenvalue weighted by atomic mass is 9.95. The van der Waals surface area contributed by atoms with E-state index in [1.165, 1.54) is 6.07 Å². The normalized spacial score (nSPS) is 26.6. The summed E-state index contributed by atoms with van der Waals surface area (Å²) in [6.45, 7) is 7.31. The first-order valence-electron chi connectivity index (χ1n) is 17.3. The molecule has 3 saturated heterocycles. The molecular weight excluding hydrogens is 617 g/mol. The largest absolute Gasteiger partial charge is 0.472 e. The molecule has 2 aromatic heterocycles. The van der Waals surface area contributed by atoms with E-state index in [9.17, 15) is 4.39 Å². The van der Waals surface area contributed by atoms with Gasteiger partial charge in [0.1, 0.15) is 34.3 Å². The Morgan fingerprint density at radius 2 is 1.98 bits per heavy atom. The predicted molar refractivity (Wildman–Crippen MR) is 178 cm³/mol. The zero-order chi connectivity index (χ0) is 32.7. The molecule has 0 radical (unpaired) electrons. The van der Waals surface area contributed by atoms with Crippen molar-refractivity contribution in [1.29, 1.82) is 0 Å². The van der Waals surface area contributed by atoms with Crippen LogP contribution >= 0.6 is 0 Å². The molecule has 4 aromatic rings. The van der Waals surface area contributed by atoms with Gasteiger partial charge in [-0.2, -0.15) is 9.97 Å². The van der Waals surface area contributed by atoms with Gasteiger partial charge in [-0.25, -0.2) is 18.2 Å². The molecule has 1 saturated carbocycles. The third kappa shape index (κ3) is 4.83. The van der Waals surface area contributed by atoms with Crippen LogP contribution < -0.4 is 19.7 Å². The minimum absolute atomic E-state index is 0.0450. The minimum Gasteiger partial charge on any atom is -0.472 e. The molecule has 1 N–H and O–H groups in total. The standard InChI is InChI=1S/C37H39F3N6O2/c1-3-24-26(39)9-7-22-5-4-6-25(28(22)24)31-30(40)32-29-34(46-17-23-8-10-27(41-23)33(46)20(2)48-35(29)42-31)44-36(43-32)47-19-37(12-13-37)18-45-14-11-21(15-38)16-45/h4-7,9,15,20,23,27,33,41H,3,8,10-14,16-19H2,1-2H3/b21-15-/t20-,23+,27-,33+/m0/s1. The number of pyridine rings is 1.